The molecular formula is C19H25N7O2. The molecule has 4 N–H and O–H groups in total. The average molecular weight is 383 g/mol. The van der Waals surface area contributed by atoms with Crippen molar-refractivity contribution in [1.29, 1.82) is 0 Å². The smallest absolute Gasteiger partial charge is 0.229 e. The number of aliphatic imine (C=N–C) groups is 2. The Balaban J connectivity index is 1.49. The molecule has 9 heteroatoms. The number of piperazine rings is 1. The molecule has 2 aromatic rings. The van der Waals surface area contributed by atoms with E-state index in [0.29, 0.717) is 12.5 Å². The Labute approximate surface area is 163 Å². The molecule has 1 aromatic carbocycles. The van der Waals surface area contributed by atoms with Crippen molar-refractivity contribution in [2.75, 3.05) is 38.5 Å². The molecule has 148 valence electrons. The maximum atomic E-state index is 9.47. The number of likely N-dealkylation sites (N-methyl/N-ethyl adjacent to an activating group) is 1. The van der Waals surface area contributed by atoms with E-state index in [2.05, 4.69) is 42.8 Å². The average Bonchev–Trinajstić information content (AvgIpc) is 3.22. The van der Waals surface area contributed by atoms with Crippen molar-refractivity contribution in [2.24, 2.45) is 9.98 Å². The van der Waals surface area contributed by atoms with Gasteiger partial charge in [-0.2, -0.15) is 4.99 Å². The molecule has 0 bridgehead atoms. The van der Waals surface area contributed by atoms with Gasteiger partial charge in [-0.1, -0.05) is 0 Å². The number of aromatic hydroxyl groups is 1. The van der Waals surface area contributed by atoms with E-state index in [1.165, 1.54) is 0 Å². The van der Waals surface area contributed by atoms with Crippen LogP contribution in [0.2, 0.25) is 0 Å². The predicted molar refractivity (Wildman–Crippen MR) is 108 cm³/mol. The van der Waals surface area contributed by atoms with Crippen LogP contribution in [0.1, 0.15) is 5.76 Å². The summed E-state index contributed by atoms with van der Waals surface area (Å²) in [4.78, 5) is 13.8. The lowest BCUT2D eigenvalue weighted by Crippen LogP contribution is -2.57. The quantitative estimate of drug-likeness (QED) is 0.585. The molecule has 9 nitrogen and oxygen atoms in total. The normalized spacial score (nSPS) is 20.3. The summed E-state index contributed by atoms with van der Waals surface area (Å²) in [5.41, 5.74) is 0.810. The van der Waals surface area contributed by atoms with Gasteiger partial charge in [0.2, 0.25) is 11.9 Å². The second-order valence-corrected chi connectivity index (χ2v) is 6.86. The molecule has 0 saturated carbocycles. The maximum absolute atomic E-state index is 9.47. The van der Waals surface area contributed by atoms with Crippen LogP contribution >= 0.6 is 0 Å². The first-order valence-corrected chi connectivity index (χ1v) is 9.34. The van der Waals surface area contributed by atoms with Crippen LogP contribution in [0.3, 0.4) is 0 Å². The highest BCUT2D eigenvalue weighted by Crippen LogP contribution is 2.15. The number of rotatable bonds is 4. The molecule has 0 radical (unpaired) electrons. The van der Waals surface area contributed by atoms with Gasteiger partial charge in [0.1, 0.15) is 11.5 Å². The number of benzene rings is 1. The monoisotopic (exact) mass is 383 g/mol. The summed E-state index contributed by atoms with van der Waals surface area (Å²) < 4.78 is 5.39. The molecule has 2 aliphatic rings. The molecule has 4 rings (SSSR count). The van der Waals surface area contributed by atoms with Crippen molar-refractivity contribution >= 4 is 17.6 Å². The number of hydrogen-bond acceptors (Lipinski definition) is 9. The minimum absolute atomic E-state index is 0.220. The van der Waals surface area contributed by atoms with E-state index in [-0.39, 0.29) is 12.0 Å². The molecule has 28 heavy (non-hydrogen) atoms. The number of furan rings is 1. The Morgan fingerprint density at radius 3 is 2.68 bits per heavy atom. The zero-order valence-corrected chi connectivity index (χ0v) is 15.8. The van der Waals surface area contributed by atoms with Crippen molar-refractivity contribution in [2.45, 2.75) is 12.8 Å². The molecule has 0 spiro atoms. The first-order valence-electron chi connectivity index (χ1n) is 9.34. The van der Waals surface area contributed by atoms with Gasteiger partial charge >= 0.3 is 0 Å². The van der Waals surface area contributed by atoms with Gasteiger partial charge in [-0.3, -0.25) is 5.32 Å². The lowest BCUT2D eigenvalue weighted by molar-refractivity contribution is 0.209. The molecular weight excluding hydrogens is 358 g/mol. The van der Waals surface area contributed by atoms with Crippen LogP contribution in [0.5, 0.6) is 5.75 Å². The number of phenols is 1. The lowest BCUT2D eigenvalue weighted by atomic mass is 10.3. The highest BCUT2D eigenvalue weighted by Gasteiger charge is 2.24. The number of nitrogens with zero attached hydrogens (tertiary/aromatic N) is 4. The van der Waals surface area contributed by atoms with Crippen molar-refractivity contribution in [1.82, 2.24) is 20.4 Å². The van der Waals surface area contributed by atoms with E-state index in [0.717, 1.165) is 43.6 Å². The summed E-state index contributed by atoms with van der Waals surface area (Å²) in [6, 6.07) is 10.6. The summed E-state index contributed by atoms with van der Waals surface area (Å²) in [6.45, 7) is 4.34. The number of nitrogens with one attached hydrogen (secondary N) is 3. The highest BCUT2D eigenvalue weighted by molar-refractivity contribution is 6.03. The van der Waals surface area contributed by atoms with Gasteiger partial charge in [-0.15, -0.1) is 0 Å². The van der Waals surface area contributed by atoms with Crippen LogP contribution in [0, 0.1) is 0 Å². The molecule has 3 heterocycles. The molecule has 0 amide bonds. The molecule has 1 saturated heterocycles. The number of hydrogen-bond donors (Lipinski definition) is 4. The number of guanidine groups is 2. The topological polar surface area (TPSA) is 101 Å². The predicted octanol–water partition coefficient (Wildman–Crippen LogP) is 1.03. The van der Waals surface area contributed by atoms with E-state index < -0.39 is 0 Å². The summed E-state index contributed by atoms with van der Waals surface area (Å²) in [6.07, 6.45) is 1.32. The zero-order valence-electron chi connectivity index (χ0n) is 15.8. The standard InChI is InChI=1S/C19H25N7O2/c1-25-8-10-26(11-9-25)19-23-17(20-13-16-3-2-12-28-16)22-18(24-19)21-14-4-6-15(27)7-5-14/h2-7,12,17,20,27H,8-11,13H2,1H3,(H2,21,22,23,24). The van der Waals surface area contributed by atoms with Crippen LogP contribution in [0.4, 0.5) is 5.69 Å². The van der Waals surface area contributed by atoms with E-state index in [9.17, 15) is 5.11 Å². The van der Waals surface area contributed by atoms with Crippen LogP contribution in [-0.4, -0.2) is 66.3 Å². The second kappa shape index (κ2) is 8.32. The molecule has 0 aliphatic carbocycles. The Bertz CT molecular complexity index is 824. The maximum Gasteiger partial charge on any atom is 0.229 e. The van der Waals surface area contributed by atoms with E-state index >= 15 is 0 Å². The van der Waals surface area contributed by atoms with Crippen molar-refractivity contribution in [3.05, 3.63) is 48.4 Å². The summed E-state index contributed by atoms with van der Waals surface area (Å²) >= 11 is 0. The van der Waals surface area contributed by atoms with Gasteiger partial charge in [0, 0.05) is 31.9 Å². The van der Waals surface area contributed by atoms with E-state index in [1.54, 1.807) is 30.5 Å². The number of phenolic OH excluding ortho intramolecular Hbond substituents is 1. The van der Waals surface area contributed by atoms with Gasteiger partial charge in [-0.05, 0) is 43.4 Å². The molecule has 1 atom stereocenters. The third kappa shape index (κ3) is 4.62. The molecule has 1 fully saturated rings. The van der Waals surface area contributed by atoms with Crippen molar-refractivity contribution < 1.29 is 9.52 Å². The van der Waals surface area contributed by atoms with E-state index in [1.807, 2.05) is 12.1 Å². The third-order valence-corrected chi connectivity index (χ3v) is 4.71. The van der Waals surface area contributed by atoms with E-state index in [4.69, 9.17) is 4.42 Å². The molecule has 2 aliphatic heterocycles. The Morgan fingerprint density at radius 2 is 1.96 bits per heavy atom. The minimum Gasteiger partial charge on any atom is -0.508 e. The largest absolute Gasteiger partial charge is 0.508 e. The molecule has 1 aromatic heterocycles. The Kier molecular flexibility index (Phi) is 5.45. The Hall–Kier alpha value is -3.04. The Morgan fingerprint density at radius 1 is 1.18 bits per heavy atom. The van der Waals surface area contributed by atoms with Gasteiger partial charge < -0.3 is 30.0 Å². The van der Waals surface area contributed by atoms with Crippen LogP contribution in [0.15, 0.2) is 57.1 Å². The summed E-state index contributed by atoms with van der Waals surface area (Å²) in [5.74, 6) is 2.36. The fourth-order valence-corrected chi connectivity index (χ4v) is 3.06. The van der Waals surface area contributed by atoms with Crippen LogP contribution < -0.4 is 16.0 Å². The highest BCUT2D eigenvalue weighted by atomic mass is 16.3. The SMILES string of the molecule is CN1CCN(C2=NC(Nc3ccc(O)cc3)=NC(NCc3ccco3)N2)CC1. The van der Waals surface area contributed by atoms with Crippen LogP contribution in [0.25, 0.3) is 0 Å². The second-order valence-electron chi connectivity index (χ2n) is 6.86. The lowest BCUT2D eigenvalue weighted by Gasteiger charge is -2.36. The van der Waals surface area contributed by atoms with Crippen molar-refractivity contribution in [3.63, 3.8) is 0 Å². The molecule has 1 unspecified atom stereocenters. The third-order valence-electron chi connectivity index (χ3n) is 4.71. The van der Waals surface area contributed by atoms with Gasteiger partial charge in [0.25, 0.3) is 0 Å². The number of anilines is 1. The van der Waals surface area contributed by atoms with Gasteiger partial charge in [0.05, 0.1) is 12.8 Å². The zero-order chi connectivity index (χ0) is 19.3. The minimum atomic E-state index is -0.336. The fourth-order valence-electron chi connectivity index (χ4n) is 3.06. The van der Waals surface area contributed by atoms with Crippen LogP contribution in [-0.2, 0) is 6.54 Å². The summed E-state index contributed by atoms with van der Waals surface area (Å²) in [5, 5.41) is 19.4. The first-order chi connectivity index (χ1) is 13.7. The van der Waals surface area contributed by atoms with Gasteiger partial charge in [0.15, 0.2) is 6.29 Å². The van der Waals surface area contributed by atoms with Gasteiger partial charge in [-0.25, -0.2) is 4.99 Å². The summed E-state index contributed by atoms with van der Waals surface area (Å²) in [7, 11) is 2.13. The first kappa shape index (κ1) is 18.3. The fraction of sp³-hybridized carbons (Fsp3) is 0.368. The van der Waals surface area contributed by atoms with Crippen molar-refractivity contribution in [3.8, 4) is 5.75 Å².